The summed E-state index contributed by atoms with van der Waals surface area (Å²) in [6.45, 7) is 1.12. The van der Waals surface area contributed by atoms with E-state index in [1.807, 2.05) is 31.3 Å². The van der Waals surface area contributed by atoms with Gasteiger partial charge in [0.25, 0.3) is 0 Å². The Morgan fingerprint density at radius 3 is 2.72 bits per heavy atom. The number of carbonyl (C=O) groups is 1. The van der Waals surface area contributed by atoms with E-state index in [1.165, 1.54) is 0 Å². The summed E-state index contributed by atoms with van der Waals surface area (Å²) in [5.41, 5.74) is 6.75. The molecule has 1 atom stereocenters. The first-order valence-corrected chi connectivity index (χ1v) is 6.30. The average molecular weight is 270 g/mol. The number of benzene rings is 1. The SMILES string of the molecule is CNC(=O)CC(CN)N(C)Cc1ccccc1Cl. The minimum absolute atomic E-state index is 0.00328. The summed E-state index contributed by atoms with van der Waals surface area (Å²) in [6.07, 6.45) is 0.397. The summed E-state index contributed by atoms with van der Waals surface area (Å²) < 4.78 is 0. The van der Waals surface area contributed by atoms with Gasteiger partial charge < -0.3 is 11.1 Å². The first-order valence-electron chi connectivity index (χ1n) is 5.92. The van der Waals surface area contributed by atoms with Gasteiger partial charge in [-0.3, -0.25) is 9.69 Å². The topological polar surface area (TPSA) is 58.4 Å². The van der Waals surface area contributed by atoms with Crippen LogP contribution < -0.4 is 11.1 Å². The van der Waals surface area contributed by atoms with Crippen molar-refractivity contribution >= 4 is 17.5 Å². The second kappa shape index (κ2) is 7.36. The molecule has 3 N–H and O–H groups in total. The Morgan fingerprint density at radius 1 is 1.50 bits per heavy atom. The Labute approximate surface area is 113 Å². The highest BCUT2D eigenvalue weighted by Crippen LogP contribution is 2.17. The number of amides is 1. The van der Waals surface area contributed by atoms with Gasteiger partial charge in [0.1, 0.15) is 0 Å². The second-order valence-electron chi connectivity index (χ2n) is 4.27. The summed E-state index contributed by atoms with van der Waals surface area (Å²) in [7, 11) is 3.58. The van der Waals surface area contributed by atoms with Crippen molar-refractivity contribution in [1.82, 2.24) is 10.2 Å². The number of rotatable bonds is 6. The highest BCUT2D eigenvalue weighted by molar-refractivity contribution is 6.31. The lowest BCUT2D eigenvalue weighted by atomic mass is 10.1. The van der Waals surface area contributed by atoms with Gasteiger partial charge >= 0.3 is 0 Å². The molecule has 1 aromatic rings. The van der Waals surface area contributed by atoms with Gasteiger partial charge in [-0.2, -0.15) is 0 Å². The molecule has 1 aromatic carbocycles. The molecule has 1 unspecified atom stereocenters. The van der Waals surface area contributed by atoms with Crippen LogP contribution in [0.5, 0.6) is 0 Å². The Kier molecular flexibility index (Phi) is 6.12. The third kappa shape index (κ3) is 4.29. The number of halogens is 1. The molecule has 0 aromatic heterocycles. The Bertz CT molecular complexity index is 398. The van der Waals surface area contributed by atoms with Crippen molar-refractivity contribution in [2.45, 2.75) is 19.0 Å². The number of nitrogens with zero attached hydrogens (tertiary/aromatic N) is 1. The predicted octanol–water partition coefficient (Wildman–Crippen LogP) is 1.24. The maximum absolute atomic E-state index is 11.4. The Balaban J connectivity index is 2.65. The van der Waals surface area contributed by atoms with Crippen molar-refractivity contribution in [3.05, 3.63) is 34.9 Å². The molecule has 0 saturated heterocycles. The molecular weight excluding hydrogens is 250 g/mol. The van der Waals surface area contributed by atoms with Crippen LogP contribution in [0.2, 0.25) is 5.02 Å². The van der Waals surface area contributed by atoms with Crippen LogP contribution >= 0.6 is 11.6 Å². The number of carbonyl (C=O) groups excluding carboxylic acids is 1. The lowest BCUT2D eigenvalue weighted by Gasteiger charge is -2.26. The average Bonchev–Trinajstić information content (AvgIpc) is 2.38. The molecule has 0 radical (unpaired) electrons. The van der Waals surface area contributed by atoms with E-state index < -0.39 is 0 Å². The van der Waals surface area contributed by atoms with Crippen LogP contribution in [-0.2, 0) is 11.3 Å². The lowest BCUT2D eigenvalue weighted by molar-refractivity contribution is -0.121. The molecular formula is C13H20ClN3O. The molecule has 100 valence electrons. The molecule has 5 heteroatoms. The van der Waals surface area contributed by atoms with Crippen LogP contribution in [0.25, 0.3) is 0 Å². The molecule has 0 bridgehead atoms. The second-order valence-corrected chi connectivity index (χ2v) is 4.68. The van der Waals surface area contributed by atoms with Crippen LogP contribution in [0, 0.1) is 0 Å². The van der Waals surface area contributed by atoms with Gasteiger partial charge in [-0.15, -0.1) is 0 Å². The number of hydrogen-bond donors (Lipinski definition) is 2. The third-order valence-corrected chi connectivity index (χ3v) is 3.34. The summed E-state index contributed by atoms with van der Waals surface area (Å²) in [5.74, 6) is -0.00328. The zero-order chi connectivity index (χ0) is 13.5. The molecule has 4 nitrogen and oxygen atoms in total. The molecule has 1 amide bonds. The van der Waals surface area contributed by atoms with Gasteiger partial charge in [0.15, 0.2) is 0 Å². The van der Waals surface area contributed by atoms with Gasteiger partial charge in [-0.25, -0.2) is 0 Å². The third-order valence-electron chi connectivity index (χ3n) is 2.97. The first-order chi connectivity index (χ1) is 8.58. The first kappa shape index (κ1) is 15.0. The van der Waals surface area contributed by atoms with Crippen LogP contribution in [0.1, 0.15) is 12.0 Å². The zero-order valence-corrected chi connectivity index (χ0v) is 11.6. The van der Waals surface area contributed by atoms with E-state index in [1.54, 1.807) is 7.05 Å². The molecule has 0 saturated carbocycles. The normalized spacial score (nSPS) is 12.5. The van der Waals surface area contributed by atoms with Gasteiger partial charge in [-0.1, -0.05) is 29.8 Å². The minimum atomic E-state index is -0.00328. The molecule has 18 heavy (non-hydrogen) atoms. The summed E-state index contributed by atoms with van der Waals surface area (Å²) in [6, 6.07) is 7.70. The molecule has 0 aliphatic carbocycles. The van der Waals surface area contributed by atoms with E-state index in [4.69, 9.17) is 17.3 Å². The van der Waals surface area contributed by atoms with Crippen molar-refractivity contribution in [2.24, 2.45) is 5.73 Å². The fourth-order valence-electron chi connectivity index (χ4n) is 1.76. The standard InChI is InChI=1S/C13H20ClN3O/c1-16-13(18)7-11(8-15)17(2)9-10-5-3-4-6-12(10)14/h3-6,11H,7-9,15H2,1-2H3,(H,16,18). The van der Waals surface area contributed by atoms with Gasteiger partial charge in [-0.05, 0) is 18.7 Å². The van der Waals surface area contributed by atoms with Crippen molar-refractivity contribution in [2.75, 3.05) is 20.6 Å². The highest BCUT2D eigenvalue weighted by Gasteiger charge is 2.17. The minimum Gasteiger partial charge on any atom is -0.359 e. The predicted molar refractivity (Wildman–Crippen MR) is 74.4 cm³/mol. The zero-order valence-electron chi connectivity index (χ0n) is 10.8. The molecule has 1 rings (SSSR count). The largest absolute Gasteiger partial charge is 0.359 e. The van der Waals surface area contributed by atoms with Crippen molar-refractivity contribution in [3.63, 3.8) is 0 Å². The van der Waals surface area contributed by atoms with Gasteiger partial charge in [0, 0.05) is 37.6 Å². The maximum Gasteiger partial charge on any atom is 0.221 e. The number of hydrogen-bond acceptors (Lipinski definition) is 3. The summed E-state index contributed by atoms with van der Waals surface area (Å²) in [5, 5.41) is 3.35. The monoisotopic (exact) mass is 269 g/mol. The Morgan fingerprint density at radius 2 is 2.17 bits per heavy atom. The summed E-state index contributed by atoms with van der Waals surface area (Å²) in [4.78, 5) is 13.4. The van der Waals surface area contributed by atoms with Gasteiger partial charge in [0.05, 0.1) is 0 Å². The van der Waals surface area contributed by atoms with Crippen LogP contribution in [0.4, 0.5) is 0 Å². The van der Waals surface area contributed by atoms with Crippen molar-refractivity contribution in [1.29, 1.82) is 0 Å². The van der Waals surface area contributed by atoms with Crippen LogP contribution in [-0.4, -0.2) is 37.5 Å². The van der Waals surface area contributed by atoms with Crippen molar-refractivity contribution < 1.29 is 4.79 Å². The van der Waals surface area contributed by atoms with Crippen LogP contribution in [0.3, 0.4) is 0 Å². The summed E-state index contributed by atoms with van der Waals surface area (Å²) >= 11 is 6.11. The fraction of sp³-hybridized carbons (Fsp3) is 0.462. The molecule has 0 heterocycles. The smallest absolute Gasteiger partial charge is 0.221 e. The number of nitrogens with one attached hydrogen (secondary N) is 1. The molecule has 0 aliphatic heterocycles. The molecule has 0 fully saturated rings. The van der Waals surface area contributed by atoms with E-state index in [2.05, 4.69) is 10.2 Å². The van der Waals surface area contributed by atoms with E-state index >= 15 is 0 Å². The lowest BCUT2D eigenvalue weighted by Crippen LogP contribution is -2.41. The fourth-order valence-corrected chi connectivity index (χ4v) is 1.96. The van der Waals surface area contributed by atoms with E-state index in [-0.39, 0.29) is 11.9 Å². The van der Waals surface area contributed by atoms with E-state index in [9.17, 15) is 4.79 Å². The van der Waals surface area contributed by atoms with Crippen molar-refractivity contribution in [3.8, 4) is 0 Å². The molecule has 0 aliphatic rings. The highest BCUT2D eigenvalue weighted by atomic mass is 35.5. The maximum atomic E-state index is 11.4. The number of nitrogens with two attached hydrogens (primary N) is 1. The van der Waals surface area contributed by atoms with E-state index in [0.717, 1.165) is 10.6 Å². The quantitative estimate of drug-likeness (QED) is 0.817. The van der Waals surface area contributed by atoms with E-state index in [0.29, 0.717) is 19.5 Å². The molecule has 0 spiro atoms. The number of likely N-dealkylation sites (N-methyl/N-ethyl adjacent to an activating group) is 1. The van der Waals surface area contributed by atoms with Crippen LogP contribution in [0.15, 0.2) is 24.3 Å². The Hall–Kier alpha value is -1.10. The van der Waals surface area contributed by atoms with Gasteiger partial charge in [0.2, 0.25) is 5.91 Å².